The molecule has 0 fully saturated rings. The first-order valence-corrected chi connectivity index (χ1v) is 10.7. The minimum absolute atomic E-state index is 0.0228. The first kappa shape index (κ1) is 24.0. The topological polar surface area (TPSA) is 50.7 Å². The van der Waals surface area contributed by atoms with Crippen LogP contribution in [0.2, 0.25) is 10.0 Å². The second kappa shape index (κ2) is 8.92. The highest BCUT2D eigenvalue weighted by Gasteiger charge is 2.62. The van der Waals surface area contributed by atoms with Crippen LogP contribution in [0.3, 0.4) is 0 Å². The normalized spacial score (nSPS) is 17.8. The fourth-order valence-electron chi connectivity index (χ4n) is 3.61. The molecule has 0 saturated carbocycles. The fourth-order valence-corrected chi connectivity index (χ4v) is 4.13. The van der Waals surface area contributed by atoms with Crippen LogP contribution in [0.25, 0.3) is 0 Å². The Morgan fingerprint density at radius 2 is 1.76 bits per heavy atom. The predicted octanol–water partition coefficient (Wildman–Crippen LogP) is 7.28. The van der Waals surface area contributed by atoms with E-state index in [1.54, 1.807) is 19.1 Å². The van der Waals surface area contributed by atoms with Gasteiger partial charge in [0, 0.05) is 38.8 Å². The molecule has 1 heterocycles. The van der Waals surface area contributed by atoms with Gasteiger partial charge in [-0.15, -0.1) is 0 Å². The summed E-state index contributed by atoms with van der Waals surface area (Å²) in [6.45, 7) is 1.71. The lowest BCUT2D eigenvalue weighted by molar-refractivity contribution is -0.275. The van der Waals surface area contributed by atoms with Crippen LogP contribution in [0.5, 0.6) is 0 Å². The van der Waals surface area contributed by atoms with Crippen molar-refractivity contribution in [2.24, 2.45) is 5.16 Å². The zero-order valence-electron chi connectivity index (χ0n) is 17.5. The zero-order chi connectivity index (χ0) is 24.7. The molecule has 3 aromatic rings. The molecule has 1 atom stereocenters. The Bertz CT molecular complexity index is 1290. The minimum atomic E-state index is -4.83. The molecule has 3 aromatic carbocycles. The summed E-state index contributed by atoms with van der Waals surface area (Å²) in [5.41, 5.74) is -1.62. The maximum atomic E-state index is 14.2. The van der Waals surface area contributed by atoms with Crippen LogP contribution in [0.1, 0.15) is 33.5 Å². The summed E-state index contributed by atoms with van der Waals surface area (Å²) in [6.07, 6.45) is -5.46. The average Bonchev–Trinajstić information content (AvgIpc) is 3.22. The Morgan fingerprint density at radius 1 is 1.06 bits per heavy atom. The lowest BCUT2D eigenvalue weighted by Crippen LogP contribution is -2.42. The number of halogens is 6. The molecule has 1 N–H and O–H groups in total. The quantitative estimate of drug-likeness (QED) is 0.375. The molecular formula is C24H16Cl2F4N2O2. The molecule has 0 spiro atoms. The number of amides is 1. The Labute approximate surface area is 202 Å². The van der Waals surface area contributed by atoms with Crippen LogP contribution >= 0.6 is 23.2 Å². The van der Waals surface area contributed by atoms with Crippen LogP contribution < -0.4 is 5.32 Å². The Kier molecular flexibility index (Phi) is 6.31. The summed E-state index contributed by atoms with van der Waals surface area (Å²) in [4.78, 5) is 17.5. The molecule has 0 saturated heterocycles. The van der Waals surface area contributed by atoms with E-state index in [2.05, 4.69) is 10.5 Å². The molecule has 4 nitrogen and oxygen atoms in total. The summed E-state index contributed by atoms with van der Waals surface area (Å²) in [5, 5.41) is 6.44. The highest BCUT2D eigenvalue weighted by atomic mass is 35.5. The minimum Gasteiger partial charge on any atom is -0.374 e. The highest BCUT2D eigenvalue weighted by Crippen LogP contribution is 2.49. The molecule has 176 valence electrons. The lowest BCUT2D eigenvalue weighted by Gasteiger charge is -2.29. The van der Waals surface area contributed by atoms with E-state index in [1.807, 2.05) is 0 Å². The molecule has 10 heteroatoms. The van der Waals surface area contributed by atoms with E-state index in [0.29, 0.717) is 16.8 Å². The van der Waals surface area contributed by atoms with E-state index in [1.165, 1.54) is 30.3 Å². The second-order valence-corrected chi connectivity index (χ2v) is 8.66. The number of anilines is 1. The van der Waals surface area contributed by atoms with Gasteiger partial charge < -0.3 is 10.2 Å². The number of aryl methyl sites for hydroxylation is 1. The molecule has 1 unspecified atom stereocenters. The number of hydrogen-bond acceptors (Lipinski definition) is 3. The summed E-state index contributed by atoms with van der Waals surface area (Å²) >= 11 is 11.9. The summed E-state index contributed by atoms with van der Waals surface area (Å²) in [5.74, 6) is -1.14. The van der Waals surface area contributed by atoms with E-state index in [9.17, 15) is 22.4 Å². The SMILES string of the molecule is Cc1ccc(C2=NOC(c3cc(Cl)cc(Cl)c3)(C(F)(F)F)C2)cc1NC(=O)c1cccc(F)c1. The fraction of sp³-hybridized carbons (Fsp3) is 0.167. The van der Waals surface area contributed by atoms with Gasteiger partial charge in [0.05, 0.1) is 5.71 Å². The van der Waals surface area contributed by atoms with Gasteiger partial charge in [-0.2, -0.15) is 13.2 Å². The van der Waals surface area contributed by atoms with Crippen molar-refractivity contribution in [3.8, 4) is 0 Å². The van der Waals surface area contributed by atoms with Crippen molar-refractivity contribution in [1.82, 2.24) is 0 Å². The summed E-state index contributed by atoms with van der Waals surface area (Å²) in [6, 6.07) is 13.4. The lowest BCUT2D eigenvalue weighted by atomic mass is 9.86. The maximum Gasteiger partial charge on any atom is 0.435 e. The van der Waals surface area contributed by atoms with Gasteiger partial charge in [-0.1, -0.05) is 46.6 Å². The van der Waals surface area contributed by atoms with Gasteiger partial charge >= 0.3 is 6.18 Å². The van der Waals surface area contributed by atoms with Gasteiger partial charge in [0.2, 0.25) is 0 Å². The van der Waals surface area contributed by atoms with E-state index in [4.69, 9.17) is 28.0 Å². The van der Waals surface area contributed by atoms with Crippen LogP contribution in [0.4, 0.5) is 23.2 Å². The number of carbonyl (C=O) groups is 1. The number of rotatable bonds is 4. The molecule has 34 heavy (non-hydrogen) atoms. The summed E-state index contributed by atoms with van der Waals surface area (Å²) < 4.78 is 56.1. The Hall–Kier alpha value is -3.10. The number of hydrogen-bond donors (Lipinski definition) is 1. The van der Waals surface area contributed by atoms with Gasteiger partial charge in [-0.05, 0) is 55.0 Å². The number of nitrogens with one attached hydrogen (secondary N) is 1. The van der Waals surface area contributed by atoms with Crippen molar-refractivity contribution in [3.05, 3.63) is 98.8 Å². The van der Waals surface area contributed by atoms with Crippen LogP contribution in [0.15, 0.2) is 65.8 Å². The first-order chi connectivity index (χ1) is 16.0. The monoisotopic (exact) mass is 510 g/mol. The molecule has 1 aliphatic rings. The molecule has 4 rings (SSSR count). The van der Waals surface area contributed by atoms with E-state index in [-0.39, 0.29) is 26.9 Å². The third-order valence-corrected chi connectivity index (χ3v) is 5.86. The van der Waals surface area contributed by atoms with Gasteiger partial charge in [-0.3, -0.25) is 4.79 Å². The molecule has 0 aliphatic carbocycles. The van der Waals surface area contributed by atoms with E-state index >= 15 is 0 Å². The predicted molar refractivity (Wildman–Crippen MR) is 122 cm³/mol. The summed E-state index contributed by atoms with van der Waals surface area (Å²) in [7, 11) is 0. The standard InChI is InChI=1S/C24H16Cl2F4N2O2/c1-13-5-6-14(8-20(13)31-22(33)15-3-2-4-19(27)7-15)21-12-23(34-32-21,24(28,29)30)16-9-17(25)11-18(26)10-16/h2-11H,12H2,1H3,(H,31,33). The molecule has 0 aromatic heterocycles. The van der Waals surface area contributed by atoms with Gasteiger partial charge in [0.15, 0.2) is 0 Å². The third-order valence-electron chi connectivity index (χ3n) is 5.42. The van der Waals surface area contributed by atoms with Crippen LogP contribution in [-0.2, 0) is 10.4 Å². The van der Waals surface area contributed by atoms with Crippen molar-refractivity contribution in [1.29, 1.82) is 0 Å². The smallest absolute Gasteiger partial charge is 0.374 e. The molecular weight excluding hydrogens is 495 g/mol. The van der Waals surface area contributed by atoms with Crippen molar-refractivity contribution in [3.63, 3.8) is 0 Å². The van der Waals surface area contributed by atoms with Crippen LogP contribution in [-0.4, -0.2) is 17.8 Å². The van der Waals surface area contributed by atoms with Gasteiger partial charge in [0.1, 0.15) is 5.82 Å². The number of oxime groups is 1. The third kappa shape index (κ3) is 4.60. The number of benzene rings is 3. The van der Waals surface area contributed by atoms with E-state index in [0.717, 1.165) is 18.2 Å². The molecule has 1 amide bonds. The number of alkyl halides is 3. The molecule has 1 aliphatic heterocycles. The zero-order valence-corrected chi connectivity index (χ0v) is 19.0. The molecule has 0 bridgehead atoms. The average molecular weight is 511 g/mol. The van der Waals surface area contributed by atoms with Gasteiger partial charge in [0.25, 0.3) is 11.5 Å². The molecule has 0 radical (unpaired) electrons. The van der Waals surface area contributed by atoms with Crippen molar-refractivity contribution in [2.45, 2.75) is 25.1 Å². The van der Waals surface area contributed by atoms with Gasteiger partial charge in [-0.25, -0.2) is 4.39 Å². The number of carbonyl (C=O) groups excluding carboxylic acids is 1. The Morgan fingerprint density at radius 3 is 2.41 bits per heavy atom. The maximum absolute atomic E-state index is 14.2. The van der Waals surface area contributed by atoms with Crippen LogP contribution in [0, 0.1) is 12.7 Å². The van der Waals surface area contributed by atoms with E-state index < -0.39 is 29.9 Å². The first-order valence-electron chi connectivity index (χ1n) is 9.95. The second-order valence-electron chi connectivity index (χ2n) is 7.78. The largest absolute Gasteiger partial charge is 0.435 e. The Balaban J connectivity index is 1.65. The van der Waals surface area contributed by atoms with Crippen molar-refractivity contribution >= 4 is 40.5 Å². The number of nitrogens with zero attached hydrogens (tertiary/aromatic N) is 1. The van der Waals surface area contributed by atoms with Crippen molar-refractivity contribution < 1.29 is 27.2 Å². The highest BCUT2D eigenvalue weighted by molar-refractivity contribution is 6.34. The van der Waals surface area contributed by atoms with Crippen molar-refractivity contribution in [2.75, 3.05) is 5.32 Å².